The van der Waals surface area contributed by atoms with E-state index in [0.717, 1.165) is 80.2 Å². The van der Waals surface area contributed by atoms with Crippen molar-refractivity contribution in [1.82, 2.24) is 24.4 Å². The van der Waals surface area contributed by atoms with Crippen LogP contribution in [0.1, 0.15) is 36.2 Å². The molecule has 7 nitrogen and oxygen atoms in total. The summed E-state index contributed by atoms with van der Waals surface area (Å²) in [5, 5.41) is 9.06. The number of nitrogens with zero attached hydrogens (tertiary/aromatic N) is 6. The van der Waals surface area contributed by atoms with Gasteiger partial charge in [-0.1, -0.05) is 0 Å². The molecule has 140 valence electrons. The SMILES string of the molecule is Cc1cc(N2CCC(Cn3nc4c(cc3=O)CCC4)CC2)n2nccc2n1. The molecule has 0 aromatic carbocycles. The van der Waals surface area contributed by atoms with Gasteiger partial charge in [0.25, 0.3) is 5.56 Å². The van der Waals surface area contributed by atoms with E-state index in [-0.39, 0.29) is 5.56 Å². The van der Waals surface area contributed by atoms with Gasteiger partial charge in [0.2, 0.25) is 0 Å². The van der Waals surface area contributed by atoms with Crippen molar-refractivity contribution in [3.8, 4) is 0 Å². The Bertz CT molecular complexity index is 1040. The van der Waals surface area contributed by atoms with Crippen LogP contribution in [0.5, 0.6) is 0 Å². The minimum atomic E-state index is 0.0566. The minimum Gasteiger partial charge on any atom is -0.356 e. The predicted octanol–water partition coefficient (Wildman–Crippen LogP) is 2.00. The first-order chi connectivity index (χ1) is 13.2. The quantitative estimate of drug-likeness (QED) is 0.711. The first-order valence-electron chi connectivity index (χ1n) is 9.83. The molecule has 3 aromatic heterocycles. The van der Waals surface area contributed by atoms with Crippen LogP contribution in [0.2, 0.25) is 0 Å². The molecule has 27 heavy (non-hydrogen) atoms. The third-order valence-corrected chi connectivity index (χ3v) is 5.86. The monoisotopic (exact) mass is 364 g/mol. The van der Waals surface area contributed by atoms with Crippen molar-refractivity contribution < 1.29 is 0 Å². The maximum atomic E-state index is 12.4. The van der Waals surface area contributed by atoms with Crippen LogP contribution >= 0.6 is 0 Å². The fourth-order valence-corrected chi connectivity index (χ4v) is 4.40. The van der Waals surface area contributed by atoms with Crippen molar-refractivity contribution in [2.24, 2.45) is 5.92 Å². The van der Waals surface area contributed by atoms with E-state index in [9.17, 15) is 4.79 Å². The molecule has 7 heteroatoms. The highest BCUT2D eigenvalue weighted by Crippen LogP contribution is 2.25. The summed E-state index contributed by atoms with van der Waals surface area (Å²) in [5.74, 6) is 1.59. The summed E-state index contributed by atoms with van der Waals surface area (Å²) >= 11 is 0. The molecular formula is C20H24N6O. The third-order valence-electron chi connectivity index (χ3n) is 5.86. The van der Waals surface area contributed by atoms with E-state index in [1.807, 2.05) is 17.5 Å². The lowest BCUT2D eigenvalue weighted by atomic mass is 9.97. The minimum absolute atomic E-state index is 0.0566. The van der Waals surface area contributed by atoms with Crippen molar-refractivity contribution >= 4 is 11.5 Å². The Hall–Kier alpha value is -2.70. The largest absolute Gasteiger partial charge is 0.356 e. The molecule has 0 atom stereocenters. The summed E-state index contributed by atoms with van der Waals surface area (Å²) in [7, 11) is 0. The molecule has 4 heterocycles. The Labute approximate surface area is 157 Å². The van der Waals surface area contributed by atoms with Crippen molar-refractivity contribution in [1.29, 1.82) is 0 Å². The fourth-order valence-electron chi connectivity index (χ4n) is 4.40. The van der Waals surface area contributed by atoms with E-state index in [1.165, 1.54) is 0 Å². The number of rotatable bonds is 3. The molecule has 0 spiro atoms. The van der Waals surface area contributed by atoms with E-state index in [4.69, 9.17) is 0 Å². The molecule has 1 aliphatic carbocycles. The number of fused-ring (bicyclic) bond motifs is 2. The van der Waals surface area contributed by atoms with Gasteiger partial charge in [0, 0.05) is 43.5 Å². The molecular weight excluding hydrogens is 340 g/mol. The summed E-state index contributed by atoms with van der Waals surface area (Å²) in [6, 6.07) is 5.85. The topological polar surface area (TPSA) is 68.3 Å². The second-order valence-corrected chi connectivity index (χ2v) is 7.78. The van der Waals surface area contributed by atoms with E-state index in [0.29, 0.717) is 5.92 Å². The molecule has 0 radical (unpaired) electrons. The van der Waals surface area contributed by atoms with Crippen LogP contribution in [0.3, 0.4) is 0 Å². The van der Waals surface area contributed by atoms with Gasteiger partial charge >= 0.3 is 0 Å². The Morgan fingerprint density at radius 1 is 1.19 bits per heavy atom. The van der Waals surface area contributed by atoms with Crippen molar-refractivity contribution in [3.63, 3.8) is 0 Å². The molecule has 0 N–H and O–H groups in total. The Kier molecular flexibility index (Phi) is 3.95. The summed E-state index contributed by atoms with van der Waals surface area (Å²) in [5.41, 5.74) is 4.24. The highest BCUT2D eigenvalue weighted by molar-refractivity contribution is 5.50. The van der Waals surface area contributed by atoms with Gasteiger partial charge in [-0.15, -0.1) is 0 Å². The molecule has 3 aromatic rings. The maximum Gasteiger partial charge on any atom is 0.267 e. The number of anilines is 1. The van der Waals surface area contributed by atoms with Gasteiger partial charge in [0.15, 0.2) is 5.65 Å². The lowest BCUT2D eigenvalue weighted by Gasteiger charge is -2.33. The van der Waals surface area contributed by atoms with Crippen molar-refractivity contribution in [2.75, 3.05) is 18.0 Å². The molecule has 1 fully saturated rings. The van der Waals surface area contributed by atoms with Gasteiger partial charge in [0.05, 0.1) is 11.9 Å². The summed E-state index contributed by atoms with van der Waals surface area (Å²) in [6.45, 7) is 4.67. The number of aromatic nitrogens is 5. The molecule has 1 aliphatic heterocycles. The lowest BCUT2D eigenvalue weighted by Crippen LogP contribution is -2.38. The molecule has 0 saturated carbocycles. The third kappa shape index (κ3) is 3.01. The number of hydrogen-bond donors (Lipinski definition) is 0. The number of hydrogen-bond acceptors (Lipinski definition) is 5. The Morgan fingerprint density at radius 2 is 2.04 bits per heavy atom. The average molecular weight is 364 g/mol. The van der Waals surface area contributed by atoms with Crippen molar-refractivity contribution in [2.45, 2.75) is 45.6 Å². The van der Waals surface area contributed by atoms with Crippen LogP contribution in [-0.2, 0) is 19.4 Å². The molecule has 2 aliphatic rings. The summed E-state index contributed by atoms with van der Waals surface area (Å²) < 4.78 is 3.62. The van der Waals surface area contributed by atoms with Crippen molar-refractivity contribution in [3.05, 3.63) is 51.7 Å². The molecule has 0 amide bonds. The predicted molar refractivity (Wildman–Crippen MR) is 103 cm³/mol. The van der Waals surface area contributed by atoms with E-state index in [1.54, 1.807) is 16.9 Å². The van der Waals surface area contributed by atoms with E-state index >= 15 is 0 Å². The second kappa shape index (κ2) is 6.48. The van der Waals surface area contributed by atoms with E-state index < -0.39 is 0 Å². The number of piperidine rings is 1. The zero-order chi connectivity index (χ0) is 18.4. The standard InChI is InChI=1S/C20H24N6O/c1-14-11-19(26-18(22-14)5-8-21-26)24-9-6-15(7-10-24)13-25-20(27)12-16-3-2-4-17(16)23-25/h5,8,11-12,15H,2-4,6-7,9-10,13H2,1H3. The summed E-state index contributed by atoms with van der Waals surface area (Å²) in [6.07, 6.45) is 7.03. The van der Waals surface area contributed by atoms with Gasteiger partial charge in [0.1, 0.15) is 5.82 Å². The zero-order valence-corrected chi connectivity index (χ0v) is 15.6. The van der Waals surface area contributed by atoms with Gasteiger partial charge in [-0.2, -0.15) is 14.7 Å². The van der Waals surface area contributed by atoms with Crippen LogP contribution in [-0.4, -0.2) is 37.5 Å². The van der Waals surface area contributed by atoms with Gasteiger partial charge < -0.3 is 4.90 Å². The van der Waals surface area contributed by atoms with E-state index in [2.05, 4.69) is 26.1 Å². The Balaban J connectivity index is 1.31. The van der Waals surface area contributed by atoms with Crippen LogP contribution in [0.4, 0.5) is 5.82 Å². The van der Waals surface area contributed by atoms with Gasteiger partial charge in [-0.25, -0.2) is 9.67 Å². The average Bonchev–Trinajstić information content (AvgIpc) is 3.30. The van der Waals surface area contributed by atoms with Gasteiger partial charge in [-0.05, 0) is 50.5 Å². The highest BCUT2D eigenvalue weighted by atomic mass is 16.1. The first kappa shape index (κ1) is 16.5. The molecule has 1 saturated heterocycles. The molecule has 0 bridgehead atoms. The second-order valence-electron chi connectivity index (χ2n) is 7.78. The van der Waals surface area contributed by atoms with Crippen LogP contribution < -0.4 is 10.5 Å². The summed E-state index contributed by atoms with van der Waals surface area (Å²) in [4.78, 5) is 19.3. The number of aryl methyl sites for hydroxylation is 3. The smallest absolute Gasteiger partial charge is 0.267 e. The molecule has 5 rings (SSSR count). The van der Waals surface area contributed by atoms with Crippen LogP contribution in [0.15, 0.2) is 29.2 Å². The van der Waals surface area contributed by atoms with Crippen LogP contribution in [0.25, 0.3) is 5.65 Å². The highest BCUT2D eigenvalue weighted by Gasteiger charge is 2.23. The lowest BCUT2D eigenvalue weighted by molar-refractivity contribution is 0.332. The normalized spacial score (nSPS) is 17.6. The Morgan fingerprint density at radius 3 is 2.89 bits per heavy atom. The maximum absolute atomic E-state index is 12.4. The molecule has 0 unspecified atom stereocenters. The zero-order valence-electron chi connectivity index (χ0n) is 15.6. The van der Waals surface area contributed by atoms with Gasteiger partial charge in [-0.3, -0.25) is 4.79 Å². The fraction of sp³-hybridized carbons (Fsp3) is 0.500. The van der Waals surface area contributed by atoms with Crippen LogP contribution in [0, 0.1) is 12.8 Å². The first-order valence-corrected chi connectivity index (χ1v) is 9.83.